The summed E-state index contributed by atoms with van der Waals surface area (Å²) in [7, 11) is 1.77. The molecule has 0 aromatic carbocycles. The van der Waals surface area contributed by atoms with E-state index in [-0.39, 0.29) is 5.69 Å². The summed E-state index contributed by atoms with van der Waals surface area (Å²) in [4.78, 5) is 11.4. The van der Waals surface area contributed by atoms with Gasteiger partial charge in [-0.25, -0.2) is 4.79 Å². The number of unbranched alkanes of at least 4 members (excludes halogenated alkanes) is 3. The molecule has 0 saturated heterocycles. The van der Waals surface area contributed by atoms with Crippen LogP contribution < -0.4 is 5.69 Å². The molecule has 0 atom stereocenters. The van der Waals surface area contributed by atoms with Gasteiger partial charge in [-0.1, -0.05) is 12.5 Å². The molecule has 0 aliphatic heterocycles. The van der Waals surface area contributed by atoms with Gasteiger partial charge in [0, 0.05) is 26.0 Å². The molecule has 0 aliphatic carbocycles. The highest BCUT2D eigenvalue weighted by Crippen LogP contribution is 2.01. The molecule has 0 saturated carbocycles. The van der Waals surface area contributed by atoms with E-state index in [2.05, 4.69) is 6.58 Å². The second-order valence-electron chi connectivity index (χ2n) is 3.52. The van der Waals surface area contributed by atoms with E-state index in [1.807, 2.05) is 12.3 Å². The van der Waals surface area contributed by atoms with Crippen molar-refractivity contribution < 1.29 is 0 Å². The van der Waals surface area contributed by atoms with Gasteiger partial charge in [0.05, 0.1) is 0 Å². The molecule has 14 heavy (non-hydrogen) atoms. The molecule has 0 bridgehead atoms. The van der Waals surface area contributed by atoms with Crippen LogP contribution in [0.4, 0.5) is 0 Å². The summed E-state index contributed by atoms with van der Waals surface area (Å²) < 4.78 is 3.36. The predicted molar refractivity (Wildman–Crippen MR) is 58.3 cm³/mol. The van der Waals surface area contributed by atoms with Gasteiger partial charge in [-0.05, 0) is 19.3 Å². The van der Waals surface area contributed by atoms with E-state index in [9.17, 15) is 4.79 Å². The van der Waals surface area contributed by atoms with Crippen molar-refractivity contribution >= 4 is 0 Å². The zero-order valence-corrected chi connectivity index (χ0v) is 8.78. The zero-order valence-electron chi connectivity index (χ0n) is 8.78. The number of hydrogen-bond acceptors (Lipinski definition) is 1. The van der Waals surface area contributed by atoms with E-state index >= 15 is 0 Å². The van der Waals surface area contributed by atoms with E-state index in [1.54, 1.807) is 22.4 Å². The number of imidazole rings is 1. The van der Waals surface area contributed by atoms with Gasteiger partial charge in [0.2, 0.25) is 0 Å². The lowest BCUT2D eigenvalue weighted by Crippen LogP contribution is -2.21. The molecule has 78 valence electrons. The first-order chi connectivity index (χ1) is 6.75. The molecule has 1 heterocycles. The van der Waals surface area contributed by atoms with E-state index < -0.39 is 0 Å². The Labute approximate surface area is 84.7 Å². The second-order valence-corrected chi connectivity index (χ2v) is 3.52. The average molecular weight is 194 g/mol. The highest BCUT2D eigenvalue weighted by atomic mass is 16.1. The molecule has 1 aromatic rings. The third kappa shape index (κ3) is 2.91. The Morgan fingerprint density at radius 1 is 1.36 bits per heavy atom. The van der Waals surface area contributed by atoms with Crippen molar-refractivity contribution in [3.05, 3.63) is 35.5 Å². The number of allylic oxidation sites excluding steroid dienone is 1. The van der Waals surface area contributed by atoms with Gasteiger partial charge in [0.1, 0.15) is 0 Å². The maximum atomic E-state index is 11.4. The molecule has 0 spiro atoms. The molecular weight excluding hydrogens is 176 g/mol. The lowest BCUT2D eigenvalue weighted by molar-refractivity contribution is 0.570. The van der Waals surface area contributed by atoms with Crippen LogP contribution in [0.5, 0.6) is 0 Å². The van der Waals surface area contributed by atoms with Gasteiger partial charge in [0.25, 0.3) is 0 Å². The minimum absolute atomic E-state index is 0.0775. The number of nitrogens with zero attached hydrogens (tertiary/aromatic N) is 2. The Balaban J connectivity index is 2.28. The van der Waals surface area contributed by atoms with E-state index in [0.29, 0.717) is 0 Å². The molecule has 0 unspecified atom stereocenters. The maximum absolute atomic E-state index is 11.4. The summed E-state index contributed by atoms with van der Waals surface area (Å²) in [5.74, 6) is 0. The summed E-state index contributed by atoms with van der Waals surface area (Å²) in [6.45, 7) is 4.51. The largest absolute Gasteiger partial charge is 0.327 e. The van der Waals surface area contributed by atoms with E-state index in [4.69, 9.17) is 0 Å². The Bertz CT molecular complexity index is 335. The van der Waals surface area contributed by atoms with Gasteiger partial charge < -0.3 is 4.57 Å². The molecule has 0 radical (unpaired) electrons. The lowest BCUT2D eigenvalue weighted by Gasteiger charge is -2.00. The molecule has 0 amide bonds. The van der Waals surface area contributed by atoms with Crippen LogP contribution in [-0.2, 0) is 13.6 Å². The molecule has 0 N–H and O–H groups in total. The van der Waals surface area contributed by atoms with Crippen LogP contribution in [0.1, 0.15) is 25.7 Å². The summed E-state index contributed by atoms with van der Waals surface area (Å²) in [6, 6.07) is 0. The molecule has 3 heteroatoms. The maximum Gasteiger partial charge on any atom is 0.327 e. The molecule has 1 aromatic heterocycles. The van der Waals surface area contributed by atoms with E-state index in [1.165, 1.54) is 6.42 Å². The van der Waals surface area contributed by atoms with Gasteiger partial charge in [-0.3, -0.25) is 4.57 Å². The molecular formula is C11H18N2O. The normalized spacial score (nSPS) is 10.4. The first-order valence-corrected chi connectivity index (χ1v) is 5.08. The Hall–Kier alpha value is -1.25. The van der Waals surface area contributed by atoms with E-state index in [0.717, 1.165) is 25.8 Å². The zero-order chi connectivity index (χ0) is 10.4. The Kier molecular flexibility index (Phi) is 4.23. The summed E-state index contributed by atoms with van der Waals surface area (Å²) in [5, 5.41) is 0. The molecule has 1 rings (SSSR count). The summed E-state index contributed by atoms with van der Waals surface area (Å²) in [5.41, 5.74) is 0.0775. The molecule has 3 nitrogen and oxygen atoms in total. The predicted octanol–water partition coefficient (Wildman–Crippen LogP) is 1.93. The molecule has 0 aliphatic rings. The number of rotatable bonds is 6. The average Bonchev–Trinajstić information content (AvgIpc) is 2.49. The topological polar surface area (TPSA) is 26.9 Å². The van der Waals surface area contributed by atoms with Crippen molar-refractivity contribution in [2.45, 2.75) is 32.2 Å². The van der Waals surface area contributed by atoms with Gasteiger partial charge in [0.15, 0.2) is 0 Å². The first kappa shape index (κ1) is 10.8. The van der Waals surface area contributed by atoms with Crippen LogP contribution in [0.25, 0.3) is 0 Å². The fourth-order valence-corrected chi connectivity index (χ4v) is 1.43. The highest BCUT2D eigenvalue weighted by molar-refractivity contribution is 4.79. The minimum atomic E-state index is 0.0775. The SMILES string of the molecule is C=CCCCCCn1ccn(C)c1=O. The Morgan fingerprint density at radius 3 is 2.71 bits per heavy atom. The summed E-state index contributed by atoms with van der Waals surface area (Å²) in [6.07, 6.45) is 10.1. The van der Waals surface area contributed by atoms with Crippen molar-refractivity contribution in [2.75, 3.05) is 0 Å². The summed E-state index contributed by atoms with van der Waals surface area (Å²) >= 11 is 0. The van der Waals surface area contributed by atoms with Crippen LogP contribution in [0, 0.1) is 0 Å². The standard InChI is InChI=1S/C11H18N2O/c1-3-4-5-6-7-8-13-10-9-12(2)11(13)14/h3,9-10H,1,4-8H2,2H3. The second kappa shape index (κ2) is 5.47. The number of aromatic nitrogens is 2. The number of hydrogen-bond donors (Lipinski definition) is 0. The van der Waals surface area contributed by atoms with Crippen molar-refractivity contribution in [1.82, 2.24) is 9.13 Å². The van der Waals surface area contributed by atoms with Crippen LogP contribution >= 0.6 is 0 Å². The van der Waals surface area contributed by atoms with Gasteiger partial charge in [-0.15, -0.1) is 6.58 Å². The smallest absolute Gasteiger partial charge is 0.302 e. The quantitative estimate of drug-likeness (QED) is 0.502. The van der Waals surface area contributed by atoms with Gasteiger partial charge >= 0.3 is 5.69 Å². The lowest BCUT2D eigenvalue weighted by atomic mass is 10.2. The van der Waals surface area contributed by atoms with Crippen LogP contribution in [0.3, 0.4) is 0 Å². The third-order valence-corrected chi connectivity index (χ3v) is 2.32. The van der Waals surface area contributed by atoms with Crippen LogP contribution in [0.2, 0.25) is 0 Å². The molecule has 0 fully saturated rings. The highest BCUT2D eigenvalue weighted by Gasteiger charge is 1.98. The minimum Gasteiger partial charge on any atom is -0.302 e. The van der Waals surface area contributed by atoms with Crippen molar-refractivity contribution in [1.29, 1.82) is 0 Å². The third-order valence-electron chi connectivity index (χ3n) is 2.32. The van der Waals surface area contributed by atoms with Crippen molar-refractivity contribution in [3.63, 3.8) is 0 Å². The Morgan fingerprint density at radius 2 is 2.14 bits per heavy atom. The fourth-order valence-electron chi connectivity index (χ4n) is 1.43. The van der Waals surface area contributed by atoms with Crippen LogP contribution in [0.15, 0.2) is 29.8 Å². The fraction of sp³-hybridized carbons (Fsp3) is 0.545. The van der Waals surface area contributed by atoms with Gasteiger partial charge in [-0.2, -0.15) is 0 Å². The monoisotopic (exact) mass is 194 g/mol. The number of aryl methyl sites for hydroxylation is 2. The van der Waals surface area contributed by atoms with Crippen molar-refractivity contribution in [2.24, 2.45) is 7.05 Å². The first-order valence-electron chi connectivity index (χ1n) is 5.08. The van der Waals surface area contributed by atoms with Crippen molar-refractivity contribution in [3.8, 4) is 0 Å². The van der Waals surface area contributed by atoms with Crippen LogP contribution in [-0.4, -0.2) is 9.13 Å².